The molecule has 0 aliphatic carbocycles. The normalized spacial score (nSPS) is 15.4. The molecule has 3 aromatic heterocycles. The topological polar surface area (TPSA) is 77.1 Å². The highest BCUT2D eigenvalue weighted by atomic mass is 19.1. The Kier molecular flexibility index (Phi) is 5.96. The summed E-state index contributed by atoms with van der Waals surface area (Å²) in [5, 5.41) is 4.25. The van der Waals surface area contributed by atoms with Gasteiger partial charge >= 0.3 is 0 Å². The van der Waals surface area contributed by atoms with Crippen LogP contribution in [0.4, 0.5) is 4.39 Å². The summed E-state index contributed by atoms with van der Waals surface area (Å²) in [5.74, 6) is 0.911. The monoisotopic (exact) mass is 473 g/mol. The van der Waals surface area contributed by atoms with Gasteiger partial charge in [-0.1, -0.05) is 24.2 Å². The van der Waals surface area contributed by atoms with Crippen LogP contribution >= 0.6 is 0 Å². The number of nitrogens with zero attached hydrogens (tertiary/aromatic N) is 5. The van der Waals surface area contributed by atoms with Crippen LogP contribution in [0.3, 0.4) is 0 Å². The highest BCUT2D eigenvalue weighted by Gasteiger charge is 2.38. The number of carbonyl (C=O) groups excluding carboxylic acids is 1. The summed E-state index contributed by atoms with van der Waals surface area (Å²) in [7, 11) is 0. The van der Waals surface area contributed by atoms with E-state index in [1.165, 1.54) is 12.1 Å². The molecule has 1 aromatic carbocycles. The second-order valence-corrected chi connectivity index (χ2v) is 9.52. The van der Waals surface area contributed by atoms with Crippen LogP contribution in [-0.4, -0.2) is 43.6 Å². The summed E-state index contributed by atoms with van der Waals surface area (Å²) in [4.78, 5) is 24.1. The molecule has 1 fully saturated rings. The Balaban J connectivity index is 1.28. The van der Waals surface area contributed by atoms with Crippen LogP contribution < -0.4 is 0 Å². The molecule has 0 atom stereocenters. The number of aromatic nitrogens is 4. The first-order valence-electron chi connectivity index (χ1n) is 11.8. The van der Waals surface area contributed by atoms with Crippen LogP contribution in [0, 0.1) is 19.7 Å². The molecule has 1 aliphatic rings. The summed E-state index contributed by atoms with van der Waals surface area (Å²) in [5.41, 5.74) is 4.16. The van der Waals surface area contributed by atoms with E-state index in [2.05, 4.69) is 26.6 Å². The molecule has 0 saturated carbocycles. The zero-order chi connectivity index (χ0) is 24.6. The standard InChI is InChI=1S/C27H28FN5O2/c1-18-15-23(19(2)33(18)17-20-6-8-22(28)9-7-20)25(34)32-13-10-27(3,11-14-32)26-30-24(35-31-26)21-5-4-12-29-16-21/h4-9,12,15-16H,10-11,13-14,17H2,1-3H3. The summed E-state index contributed by atoms with van der Waals surface area (Å²) in [6.45, 7) is 7.93. The highest BCUT2D eigenvalue weighted by Crippen LogP contribution is 2.35. The SMILES string of the molecule is Cc1cc(C(=O)N2CCC(C)(c3noc(-c4cccnc4)n3)CC2)c(C)n1Cc1ccc(F)cc1. The van der Waals surface area contributed by atoms with Gasteiger partial charge in [0.05, 0.1) is 11.1 Å². The van der Waals surface area contributed by atoms with Crippen molar-refractivity contribution in [1.82, 2.24) is 24.6 Å². The molecule has 0 bridgehead atoms. The van der Waals surface area contributed by atoms with E-state index in [1.807, 2.05) is 36.9 Å². The van der Waals surface area contributed by atoms with Gasteiger partial charge in [-0.2, -0.15) is 4.98 Å². The Morgan fingerprint density at radius 3 is 2.57 bits per heavy atom. The van der Waals surface area contributed by atoms with E-state index in [-0.39, 0.29) is 17.1 Å². The molecule has 7 nitrogen and oxygen atoms in total. The van der Waals surface area contributed by atoms with E-state index >= 15 is 0 Å². The van der Waals surface area contributed by atoms with E-state index in [4.69, 9.17) is 4.52 Å². The summed E-state index contributed by atoms with van der Waals surface area (Å²) < 4.78 is 20.9. The van der Waals surface area contributed by atoms with Crippen LogP contribution in [0.5, 0.6) is 0 Å². The third kappa shape index (κ3) is 4.48. The number of carbonyl (C=O) groups is 1. The van der Waals surface area contributed by atoms with E-state index in [1.54, 1.807) is 24.5 Å². The van der Waals surface area contributed by atoms with Crippen molar-refractivity contribution >= 4 is 5.91 Å². The maximum Gasteiger partial charge on any atom is 0.259 e. The van der Waals surface area contributed by atoms with E-state index < -0.39 is 0 Å². The molecule has 4 aromatic rings. The second-order valence-electron chi connectivity index (χ2n) is 9.52. The third-order valence-corrected chi connectivity index (χ3v) is 7.09. The van der Waals surface area contributed by atoms with E-state index in [9.17, 15) is 9.18 Å². The minimum absolute atomic E-state index is 0.0367. The Morgan fingerprint density at radius 2 is 1.89 bits per heavy atom. The number of hydrogen-bond donors (Lipinski definition) is 0. The van der Waals surface area contributed by atoms with Crippen molar-refractivity contribution < 1.29 is 13.7 Å². The highest BCUT2D eigenvalue weighted by molar-refractivity contribution is 5.95. The summed E-state index contributed by atoms with van der Waals surface area (Å²) >= 11 is 0. The molecule has 0 radical (unpaired) electrons. The lowest BCUT2D eigenvalue weighted by Gasteiger charge is -2.37. The lowest BCUT2D eigenvalue weighted by molar-refractivity contribution is 0.0669. The fourth-order valence-electron chi connectivity index (χ4n) is 4.71. The molecular weight excluding hydrogens is 445 g/mol. The van der Waals surface area contributed by atoms with Crippen LogP contribution in [0.1, 0.15) is 52.9 Å². The zero-order valence-electron chi connectivity index (χ0n) is 20.2. The number of hydrogen-bond acceptors (Lipinski definition) is 5. The summed E-state index contributed by atoms with van der Waals surface area (Å²) in [6.07, 6.45) is 4.90. The van der Waals surface area contributed by atoms with Crippen molar-refractivity contribution in [3.8, 4) is 11.5 Å². The molecule has 0 spiro atoms. The molecule has 5 rings (SSSR count). The third-order valence-electron chi connectivity index (χ3n) is 7.09. The number of likely N-dealkylation sites (tertiary alicyclic amines) is 1. The van der Waals surface area contributed by atoms with Crippen molar-refractivity contribution in [3.05, 3.63) is 89.0 Å². The van der Waals surface area contributed by atoms with Crippen molar-refractivity contribution in [1.29, 1.82) is 0 Å². The lowest BCUT2D eigenvalue weighted by atomic mass is 9.79. The maximum absolute atomic E-state index is 13.4. The first kappa shape index (κ1) is 23.0. The summed E-state index contributed by atoms with van der Waals surface area (Å²) in [6, 6.07) is 12.2. The predicted octanol–water partition coefficient (Wildman–Crippen LogP) is 4.93. The largest absolute Gasteiger partial charge is 0.344 e. The van der Waals surface area contributed by atoms with Gasteiger partial charge < -0.3 is 14.0 Å². The molecular formula is C27H28FN5O2. The van der Waals surface area contributed by atoms with Gasteiger partial charge in [0.1, 0.15) is 5.82 Å². The molecule has 35 heavy (non-hydrogen) atoms. The van der Waals surface area contributed by atoms with Crippen LogP contribution in [0.2, 0.25) is 0 Å². The van der Waals surface area contributed by atoms with Gasteiger partial charge in [-0.25, -0.2) is 4.39 Å². The molecule has 4 heterocycles. The number of amides is 1. The number of halogens is 1. The van der Waals surface area contributed by atoms with Gasteiger partial charge in [0.15, 0.2) is 5.82 Å². The van der Waals surface area contributed by atoms with Gasteiger partial charge in [0.25, 0.3) is 11.8 Å². The molecule has 0 N–H and O–H groups in total. The van der Waals surface area contributed by atoms with Gasteiger partial charge in [-0.15, -0.1) is 0 Å². The first-order chi connectivity index (χ1) is 16.8. The quantitative estimate of drug-likeness (QED) is 0.411. The van der Waals surface area contributed by atoms with Crippen LogP contribution in [0.25, 0.3) is 11.5 Å². The van der Waals surface area contributed by atoms with Gasteiger partial charge in [-0.05, 0) is 62.6 Å². The van der Waals surface area contributed by atoms with Crippen molar-refractivity contribution in [2.75, 3.05) is 13.1 Å². The van der Waals surface area contributed by atoms with Crippen molar-refractivity contribution in [2.45, 2.75) is 45.6 Å². The fourth-order valence-corrected chi connectivity index (χ4v) is 4.71. The average molecular weight is 474 g/mol. The number of rotatable bonds is 5. The zero-order valence-corrected chi connectivity index (χ0v) is 20.2. The Labute approximate surface area is 203 Å². The fraction of sp³-hybridized carbons (Fsp3) is 0.333. The second kappa shape index (κ2) is 9.09. The number of aryl methyl sites for hydroxylation is 1. The number of piperidine rings is 1. The number of pyridine rings is 1. The molecule has 1 amide bonds. The van der Waals surface area contributed by atoms with Gasteiger partial charge in [-0.3, -0.25) is 9.78 Å². The Hall–Kier alpha value is -3.81. The van der Waals surface area contributed by atoms with E-state index in [0.29, 0.717) is 36.9 Å². The Bertz CT molecular complexity index is 1340. The predicted molar refractivity (Wildman–Crippen MR) is 129 cm³/mol. The Morgan fingerprint density at radius 1 is 1.14 bits per heavy atom. The minimum atomic E-state index is -0.264. The van der Waals surface area contributed by atoms with Gasteiger partial charge in [0.2, 0.25) is 0 Å². The lowest BCUT2D eigenvalue weighted by Crippen LogP contribution is -2.44. The van der Waals surface area contributed by atoms with Gasteiger partial charge in [0, 0.05) is 48.8 Å². The molecule has 180 valence electrons. The molecule has 1 aliphatic heterocycles. The van der Waals surface area contributed by atoms with Crippen LogP contribution in [-0.2, 0) is 12.0 Å². The first-order valence-corrected chi connectivity index (χ1v) is 11.8. The van der Waals surface area contributed by atoms with E-state index in [0.717, 1.165) is 35.4 Å². The molecule has 8 heteroatoms. The van der Waals surface area contributed by atoms with Crippen molar-refractivity contribution in [2.24, 2.45) is 0 Å². The number of benzene rings is 1. The van der Waals surface area contributed by atoms with Crippen molar-refractivity contribution in [3.63, 3.8) is 0 Å². The minimum Gasteiger partial charge on any atom is -0.344 e. The average Bonchev–Trinajstić information content (AvgIpc) is 3.48. The molecule has 1 saturated heterocycles. The molecule has 0 unspecified atom stereocenters. The van der Waals surface area contributed by atoms with Crippen LogP contribution in [0.15, 0.2) is 59.4 Å². The smallest absolute Gasteiger partial charge is 0.259 e. The maximum atomic E-state index is 13.4.